The minimum Gasteiger partial charge on any atom is -0.309 e. The number of hydrogen-bond donors (Lipinski definition) is 0. The molecule has 0 fully saturated rings. The van der Waals surface area contributed by atoms with Crippen molar-refractivity contribution in [1.29, 1.82) is 0 Å². The predicted molar refractivity (Wildman–Crippen MR) is 239 cm³/mol. The van der Waals surface area contributed by atoms with Crippen LogP contribution in [0.4, 0.5) is 0 Å². The van der Waals surface area contributed by atoms with Gasteiger partial charge in [-0.15, -0.1) is 0 Å². The molecule has 0 spiro atoms. The van der Waals surface area contributed by atoms with Crippen LogP contribution < -0.4 is 0 Å². The average Bonchev–Trinajstić information content (AvgIpc) is 3.92. The van der Waals surface area contributed by atoms with Gasteiger partial charge in [0.1, 0.15) is 0 Å². The smallest absolute Gasteiger partial charge is 0.0641 e. The maximum Gasteiger partial charge on any atom is 0.0641 e. The van der Waals surface area contributed by atoms with E-state index in [-0.39, 0.29) is 5.92 Å². The van der Waals surface area contributed by atoms with Crippen molar-refractivity contribution in [3.63, 3.8) is 0 Å². The van der Waals surface area contributed by atoms with Gasteiger partial charge in [-0.1, -0.05) is 158 Å². The lowest BCUT2D eigenvalue weighted by Gasteiger charge is -2.14. The van der Waals surface area contributed by atoms with E-state index in [9.17, 15) is 0 Å². The van der Waals surface area contributed by atoms with Gasteiger partial charge in [0.15, 0.2) is 0 Å². The summed E-state index contributed by atoms with van der Waals surface area (Å²) in [4.78, 5) is 0. The average molecular weight is 725 g/mol. The van der Waals surface area contributed by atoms with Crippen LogP contribution >= 0.6 is 0 Å². The van der Waals surface area contributed by atoms with Gasteiger partial charge in [0.05, 0.1) is 22.1 Å². The molecule has 1 unspecified atom stereocenters. The Balaban J connectivity index is 1.12. The van der Waals surface area contributed by atoms with E-state index in [0.29, 0.717) is 0 Å². The van der Waals surface area contributed by atoms with Crippen molar-refractivity contribution < 1.29 is 0 Å². The Kier molecular flexibility index (Phi) is 7.02. The molecular formula is C55H36N2. The number of nitrogens with zero attached hydrogens (tertiary/aromatic N) is 2. The highest BCUT2D eigenvalue weighted by atomic mass is 15.0. The fourth-order valence-corrected chi connectivity index (χ4v) is 9.68. The van der Waals surface area contributed by atoms with Crippen LogP contribution in [-0.2, 0) is 0 Å². The Morgan fingerprint density at radius 3 is 1.72 bits per heavy atom. The maximum absolute atomic E-state index is 2.47. The van der Waals surface area contributed by atoms with Gasteiger partial charge in [0.2, 0.25) is 0 Å². The molecule has 12 rings (SSSR count). The standard InChI is InChI=1S/C55H36N2/c1-4-14-36(15-5-1)37-24-28-42(29-25-37)56-51-32-27-40(39-26-30-46-48(34-39)43-20-10-11-22-45(43)53(46)38-16-6-2-7-17-38)35-49(51)54-52(56)33-31-47-44-21-12-13-23-50(44)57(55(47)54)41-18-8-3-9-19-41/h1-35,53H. The predicted octanol–water partition coefficient (Wildman–Crippen LogP) is 14.4. The summed E-state index contributed by atoms with van der Waals surface area (Å²) in [6.45, 7) is 0. The van der Waals surface area contributed by atoms with E-state index in [1.165, 1.54) is 93.7 Å². The second-order valence-corrected chi connectivity index (χ2v) is 15.3. The zero-order chi connectivity index (χ0) is 37.5. The van der Waals surface area contributed by atoms with Crippen LogP contribution in [0, 0.1) is 0 Å². The molecule has 1 aliphatic carbocycles. The molecule has 266 valence electrons. The fourth-order valence-electron chi connectivity index (χ4n) is 9.68. The van der Waals surface area contributed by atoms with Crippen molar-refractivity contribution in [3.05, 3.63) is 229 Å². The van der Waals surface area contributed by atoms with Crippen LogP contribution in [0.5, 0.6) is 0 Å². The molecule has 1 aliphatic rings. The second-order valence-electron chi connectivity index (χ2n) is 15.3. The molecule has 0 aliphatic heterocycles. The minimum atomic E-state index is 0.230. The van der Waals surface area contributed by atoms with Gasteiger partial charge in [0, 0.05) is 38.8 Å². The summed E-state index contributed by atoms with van der Waals surface area (Å²) in [5.74, 6) is 0.230. The molecule has 2 heteroatoms. The number of hydrogen-bond acceptors (Lipinski definition) is 0. The Morgan fingerprint density at radius 1 is 0.316 bits per heavy atom. The summed E-state index contributed by atoms with van der Waals surface area (Å²) in [5.41, 5.74) is 18.7. The van der Waals surface area contributed by atoms with Gasteiger partial charge < -0.3 is 9.13 Å². The number of aromatic nitrogens is 2. The molecule has 2 nitrogen and oxygen atoms in total. The van der Waals surface area contributed by atoms with Crippen LogP contribution in [0.1, 0.15) is 22.6 Å². The van der Waals surface area contributed by atoms with E-state index in [1.807, 2.05) is 0 Å². The highest BCUT2D eigenvalue weighted by molar-refractivity contribution is 6.26. The topological polar surface area (TPSA) is 9.86 Å². The molecule has 57 heavy (non-hydrogen) atoms. The van der Waals surface area contributed by atoms with Gasteiger partial charge in [-0.25, -0.2) is 0 Å². The van der Waals surface area contributed by atoms with Crippen molar-refractivity contribution in [2.75, 3.05) is 0 Å². The van der Waals surface area contributed by atoms with Crippen LogP contribution in [0.3, 0.4) is 0 Å². The summed E-state index contributed by atoms with van der Waals surface area (Å²) in [6.07, 6.45) is 0. The lowest BCUT2D eigenvalue weighted by Crippen LogP contribution is -1.98. The van der Waals surface area contributed by atoms with Crippen molar-refractivity contribution in [2.24, 2.45) is 0 Å². The largest absolute Gasteiger partial charge is 0.309 e. The van der Waals surface area contributed by atoms with Crippen LogP contribution in [0.2, 0.25) is 0 Å². The first-order valence-corrected chi connectivity index (χ1v) is 19.8. The molecule has 0 bridgehead atoms. The van der Waals surface area contributed by atoms with Crippen LogP contribution in [0.25, 0.3) is 88.4 Å². The number of rotatable bonds is 5. The van der Waals surface area contributed by atoms with Gasteiger partial charge in [-0.05, 0) is 105 Å². The third-order valence-electron chi connectivity index (χ3n) is 12.2. The molecule has 11 aromatic rings. The molecule has 1 atom stereocenters. The molecule has 0 amide bonds. The third kappa shape index (κ3) is 4.84. The summed E-state index contributed by atoms with van der Waals surface area (Å²) >= 11 is 0. The summed E-state index contributed by atoms with van der Waals surface area (Å²) in [5, 5.41) is 5.01. The molecule has 9 aromatic carbocycles. The number of fused-ring (bicyclic) bond motifs is 10. The van der Waals surface area contributed by atoms with Crippen molar-refractivity contribution in [2.45, 2.75) is 5.92 Å². The van der Waals surface area contributed by atoms with Crippen molar-refractivity contribution in [3.8, 4) is 44.8 Å². The van der Waals surface area contributed by atoms with Gasteiger partial charge in [0.25, 0.3) is 0 Å². The summed E-state index contributed by atoms with van der Waals surface area (Å²) < 4.78 is 4.93. The second kappa shape index (κ2) is 12.6. The summed E-state index contributed by atoms with van der Waals surface area (Å²) in [6, 6.07) is 78.1. The molecule has 0 saturated heterocycles. The Labute approximate surface area is 331 Å². The van der Waals surface area contributed by atoms with E-state index >= 15 is 0 Å². The Morgan fingerprint density at radius 2 is 0.895 bits per heavy atom. The monoisotopic (exact) mass is 724 g/mol. The van der Waals surface area contributed by atoms with Crippen LogP contribution in [-0.4, -0.2) is 9.13 Å². The van der Waals surface area contributed by atoms with Crippen molar-refractivity contribution >= 4 is 43.6 Å². The van der Waals surface area contributed by atoms with E-state index in [1.54, 1.807) is 0 Å². The molecule has 0 saturated carbocycles. The SMILES string of the molecule is c1ccc(-c2ccc(-n3c4ccc(-c5ccc6c(c5)-c5ccccc5C6c5ccccc5)cc4c4c3ccc3c5ccccc5n(-c5ccccc5)c34)cc2)cc1. The zero-order valence-electron chi connectivity index (χ0n) is 31.2. The highest BCUT2D eigenvalue weighted by Crippen LogP contribution is 2.50. The quantitative estimate of drug-likeness (QED) is 0.167. The molecule has 0 radical (unpaired) electrons. The lowest BCUT2D eigenvalue weighted by atomic mass is 9.89. The first-order chi connectivity index (χ1) is 28.3. The van der Waals surface area contributed by atoms with Gasteiger partial charge >= 0.3 is 0 Å². The molecular weight excluding hydrogens is 689 g/mol. The highest BCUT2D eigenvalue weighted by Gasteiger charge is 2.30. The van der Waals surface area contributed by atoms with Crippen molar-refractivity contribution in [1.82, 2.24) is 9.13 Å². The van der Waals surface area contributed by atoms with Gasteiger partial charge in [-0.2, -0.15) is 0 Å². The molecule has 2 heterocycles. The third-order valence-corrected chi connectivity index (χ3v) is 12.2. The van der Waals surface area contributed by atoms with Crippen LogP contribution in [0.15, 0.2) is 212 Å². The van der Waals surface area contributed by atoms with E-state index < -0.39 is 0 Å². The maximum atomic E-state index is 2.47. The molecule has 0 N–H and O–H groups in total. The Bertz CT molecular complexity index is 3320. The zero-order valence-corrected chi connectivity index (χ0v) is 31.2. The van der Waals surface area contributed by atoms with E-state index in [0.717, 1.165) is 11.4 Å². The van der Waals surface area contributed by atoms with E-state index in [4.69, 9.17) is 0 Å². The first kappa shape index (κ1) is 31.9. The fraction of sp³-hybridized carbons (Fsp3) is 0.0182. The number of benzene rings is 9. The van der Waals surface area contributed by atoms with Gasteiger partial charge in [-0.3, -0.25) is 0 Å². The normalized spacial score (nSPS) is 13.4. The van der Waals surface area contributed by atoms with E-state index in [2.05, 4.69) is 221 Å². The summed E-state index contributed by atoms with van der Waals surface area (Å²) in [7, 11) is 0. The number of para-hydroxylation sites is 2. The molecule has 2 aromatic heterocycles. The minimum absolute atomic E-state index is 0.230. The Hall–Kier alpha value is -7.42. The first-order valence-electron chi connectivity index (χ1n) is 19.8. The lowest BCUT2D eigenvalue weighted by molar-refractivity contribution is 1.02.